The van der Waals surface area contributed by atoms with Crippen molar-refractivity contribution in [3.63, 3.8) is 0 Å². The summed E-state index contributed by atoms with van der Waals surface area (Å²) in [6.07, 6.45) is 4.23. The summed E-state index contributed by atoms with van der Waals surface area (Å²) in [7, 11) is 1.88. The lowest BCUT2D eigenvalue weighted by Gasteiger charge is -2.00. The van der Waals surface area contributed by atoms with E-state index in [-0.39, 0.29) is 0 Å². The number of nitrogens with zero attached hydrogens (tertiary/aromatic N) is 1. The zero-order valence-corrected chi connectivity index (χ0v) is 7.09. The third-order valence-corrected chi connectivity index (χ3v) is 1.62. The van der Waals surface area contributed by atoms with E-state index in [2.05, 4.69) is 23.3 Å². The molecule has 0 saturated carbocycles. The molecule has 0 aliphatic rings. The van der Waals surface area contributed by atoms with Crippen LogP contribution in [0.5, 0.6) is 0 Å². The number of pyridine rings is 1. The molecule has 0 amide bonds. The molecule has 0 bridgehead atoms. The van der Waals surface area contributed by atoms with E-state index >= 15 is 0 Å². The van der Waals surface area contributed by atoms with Crippen molar-refractivity contribution < 1.29 is 0 Å². The van der Waals surface area contributed by atoms with Crippen molar-refractivity contribution in [2.45, 2.75) is 19.8 Å². The first-order chi connectivity index (χ1) is 5.36. The number of nitrogens with one attached hydrogen (secondary N) is 1. The molecule has 0 saturated heterocycles. The fourth-order valence-corrected chi connectivity index (χ4v) is 1.01. The van der Waals surface area contributed by atoms with Gasteiger partial charge in [0.05, 0.1) is 0 Å². The molecule has 1 heterocycles. The Balaban J connectivity index is 2.66. The Labute approximate surface area is 67.7 Å². The molecule has 60 valence electrons. The summed E-state index contributed by atoms with van der Waals surface area (Å²) < 4.78 is 0. The van der Waals surface area contributed by atoms with Crippen molar-refractivity contribution in [1.29, 1.82) is 0 Å². The minimum absolute atomic E-state index is 0.935. The molecule has 0 spiro atoms. The molecule has 0 aliphatic carbocycles. The van der Waals surface area contributed by atoms with Crippen LogP contribution < -0.4 is 5.32 Å². The molecule has 0 fully saturated rings. The average molecular weight is 150 g/mol. The Bertz CT molecular complexity index is 203. The molecule has 1 rings (SSSR count). The van der Waals surface area contributed by atoms with Crippen molar-refractivity contribution >= 4 is 5.82 Å². The lowest BCUT2D eigenvalue weighted by Crippen LogP contribution is -1.92. The third kappa shape index (κ3) is 2.22. The van der Waals surface area contributed by atoms with Crippen LogP contribution in [0.3, 0.4) is 0 Å². The van der Waals surface area contributed by atoms with E-state index in [4.69, 9.17) is 0 Å². The normalized spacial score (nSPS) is 9.64. The minimum Gasteiger partial charge on any atom is -0.373 e. The summed E-state index contributed by atoms with van der Waals surface area (Å²) in [5.41, 5.74) is 1.31. The van der Waals surface area contributed by atoms with Crippen LogP contribution in [0.25, 0.3) is 0 Å². The van der Waals surface area contributed by atoms with Gasteiger partial charge >= 0.3 is 0 Å². The van der Waals surface area contributed by atoms with Crippen molar-refractivity contribution in [3.05, 3.63) is 23.9 Å². The molecule has 2 heteroatoms. The number of aryl methyl sites for hydroxylation is 1. The predicted molar refractivity (Wildman–Crippen MR) is 47.8 cm³/mol. The van der Waals surface area contributed by atoms with Gasteiger partial charge in [-0.3, -0.25) is 0 Å². The highest BCUT2D eigenvalue weighted by molar-refractivity contribution is 5.34. The predicted octanol–water partition coefficient (Wildman–Crippen LogP) is 2.08. The first kappa shape index (κ1) is 8.05. The van der Waals surface area contributed by atoms with Crippen LogP contribution in [0.1, 0.15) is 18.9 Å². The van der Waals surface area contributed by atoms with Crippen LogP contribution in [0.15, 0.2) is 18.3 Å². The summed E-state index contributed by atoms with van der Waals surface area (Å²) in [5, 5.41) is 2.99. The second kappa shape index (κ2) is 3.96. The summed E-state index contributed by atoms with van der Waals surface area (Å²) in [6, 6.07) is 4.12. The maximum atomic E-state index is 4.20. The molecular formula is C9H14N2. The van der Waals surface area contributed by atoms with Crippen molar-refractivity contribution in [1.82, 2.24) is 4.98 Å². The first-order valence-corrected chi connectivity index (χ1v) is 3.99. The van der Waals surface area contributed by atoms with Crippen LogP contribution in [0.4, 0.5) is 5.82 Å². The third-order valence-electron chi connectivity index (χ3n) is 1.62. The molecular weight excluding hydrogens is 136 g/mol. The molecule has 0 atom stereocenters. The topological polar surface area (TPSA) is 24.9 Å². The summed E-state index contributed by atoms with van der Waals surface area (Å²) in [5.74, 6) is 0.935. The first-order valence-electron chi connectivity index (χ1n) is 3.99. The Morgan fingerprint density at radius 3 is 2.73 bits per heavy atom. The molecule has 1 N–H and O–H groups in total. The number of anilines is 1. The summed E-state index contributed by atoms with van der Waals surface area (Å²) in [4.78, 5) is 4.20. The Hall–Kier alpha value is -1.05. The maximum absolute atomic E-state index is 4.20. The van der Waals surface area contributed by atoms with Gasteiger partial charge in [0.15, 0.2) is 0 Å². The molecule has 11 heavy (non-hydrogen) atoms. The number of rotatable bonds is 3. The molecule has 1 aromatic heterocycles. The molecule has 2 nitrogen and oxygen atoms in total. The molecule has 1 aromatic rings. The van der Waals surface area contributed by atoms with E-state index in [0.717, 1.165) is 12.2 Å². The largest absolute Gasteiger partial charge is 0.373 e. The Kier molecular flexibility index (Phi) is 2.90. The van der Waals surface area contributed by atoms with Gasteiger partial charge in [0.2, 0.25) is 0 Å². The van der Waals surface area contributed by atoms with Crippen LogP contribution in [0.2, 0.25) is 0 Å². The maximum Gasteiger partial charge on any atom is 0.125 e. The van der Waals surface area contributed by atoms with E-state index < -0.39 is 0 Å². The lowest BCUT2D eigenvalue weighted by atomic mass is 10.2. The van der Waals surface area contributed by atoms with E-state index in [0.29, 0.717) is 0 Å². The van der Waals surface area contributed by atoms with E-state index in [1.807, 2.05) is 19.3 Å². The second-order valence-corrected chi connectivity index (χ2v) is 2.55. The van der Waals surface area contributed by atoms with Crippen molar-refractivity contribution in [2.75, 3.05) is 12.4 Å². The monoisotopic (exact) mass is 150 g/mol. The van der Waals surface area contributed by atoms with Gasteiger partial charge in [-0.2, -0.15) is 0 Å². The highest BCUT2D eigenvalue weighted by atomic mass is 14.9. The van der Waals surface area contributed by atoms with E-state index in [1.165, 1.54) is 12.0 Å². The molecule has 0 aliphatic heterocycles. The smallest absolute Gasteiger partial charge is 0.125 e. The van der Waals surface area contributed by atoms with Gasteiger partial charge in [-0.25, -0.2) is 4.98 Å². The van der Waals surface area contributed by atoms with Crippen molar-refractivity contribution in [2.24, 2.45) is 0 Å². The van der Waals surface area contributed by atoms with Gasteiger partial charge in [-0.05, 0) is 18.1 Å². The van der Waals surface area contributed by atoms with Gasteiger partial charge in [0, 0.05) is 13.2 Å². The number of aromatic nitrogens is 1. The summed E-state index contributed by atoms with van der Waals surface area (Å²) >= 11 is 0. The van der Waals surface area contributed by atoms with E-state index in [9.17, 15) is 0 Å². The highest BCUT2D eigenvalue weighted by Crippen LogP contribution is 2.05. The van der Waals surface area contributed by atoms with Crippen LogP contribution in [-0.4, -0.2) is 12.0 Å². The molecule has 0 radical (unpaired) electrons. The average Bonchev–Trinajstić information content (AvgIpc) is 2.07. The van der Waals surface area contributed by atoms with Gasteiger partial charge in [0.25, 0.3) is 0 Å². The minimum atomic E-state index is 0.935. The Morgan fingerprint density at radius 2 is 2.27 bits per heavy atom. The Morgan fingerprint density at radius 1 is 1.45 bits per heavy atom. The lowest BCUT2D eigenvalue weighted by molar-refractivity contribution is 0.914. The fourth-order valence-electron chi connectivity index (χ4n) is 1.01. The van der Waals surface area contributed by atoms with E-state index in [1.54, 1.807) is 0 Å². The van der Waals surface area contributed by atoms with Gasteiger partial charge in [-0.15, -0.1) is 0 Å². The number of hydrogen-bond donors (Lipinski definition) is 1. The van der Waals surface area contributed by atoms with Gasteiger partial charge in [-0.1, -0.05) is 19.4 Å². The second-order valence-electron chi connectivity index (χ2n) is 2.55. The zero-order chi connectivity index (χ0) is 8.10. The number of hydrogen-bond acceptors (Lipinski definition) is 2. The van der Waals surface area contributed by atoms with Crippen LogP contribution in [0, 0.1) is 0 Å². The van der Waals surface area contributed by atoms with Crippen LogP contribution in [-0.2, 0) is 6.42 Å². The molecule has 0 unspecified atom stereocenters. The zero-order valence-electron chi connectivity index (χ0n) is 7.09. The SMILES string of the molecule is CCCc1ccc(NC)nc1. The molecule has 0 aromatic carbocycles. The summed E-state index contributed by atoms with van der Waals surface area (Å²) in [6.45, 7) is 2.17. The quantitative estimate of drug-likeness (QED) is 0.713. The standard InChI is InChI=1S/C9H14N2/c1-3-4-8-5-6-9(10-2)11-7-8/h5-7H,3-4H2,1-2H3,(H,10,11). The highest BCUT2D eigenvalue weighted by Gasteiger charge is 1.91. The van der Waals surface area contributed by atoms with Gasteiger partial charge in [0.1, 0.15) is 5.82 Å². The van der Waals surface area contributed by atoms with Crippen molar-refractivity contribution in [3.8, 4) is 0 Å². The van der Waals surface area contributed by atoms with Gasteiger partial charge < -0.3 is 5.32 Å². The van der Waals surface area contributed by atoms with Crippen LogP contribution >= 0.6 is 0 Å². The fraction of sp³-hybridized carbons (Fsp3) is 0.444.